The smallest absolute Gasteiger partial charge is 0.234 e. The van der Waals surface area contributed by atoms with E-state index in [1.54, 1.807) is 0 Å². The van der Waals surface area contributed by atoms with E-state index in [1.165, 1.54) is 17.5 Å². The van der Waals surface area contributed by atoms with Crippen LogP contribution in [0, 0.1) is 17.8 Å². The molecule has 0 amide bonds. The van der Waals surface area contributed by atoms with Crippen molar-refractivity contribution in [3.05, 3.63) is 11.1 Å². The van der Waals surface area contributed by atoms with Crippen LogP contribution in [-0.2, 0) is 10.0 Å². The first-order valence-electron chi connectivity index (χ1n) is 5.49. The van der Waals surface area contributed by atoms with Crippen LogP contribution in [0.4, 0.5) is 5.13 Å². The Labute approximate surface area is 111 Å². The van der Waals surface area contributed by atoms with Gasteiger partial charge in [-0.2, -0.15) is 0 Å². The molecule has 1 rings (SSSR count). The Morgan fingerprint density at radius 3 is 2.89 bits per heavy atom. The molecule has 1 aromatic rings. The number of anilines is 1. The van der Waals surface area contributed by atoms with E-state index < -0.39 is 10.0 Å². The Balaban J connectivity index is 2.68. The summed E-state index contributed by atoms with van der Waals surface area (Å²) >= 11 is 1.18. The molecule has 1 heterocycles. The largest absolute Gasteiger partial charge is 0.395 e. The van der Waals surface area contributed by atoms with E-state index in [1.807, 2.05) is 13.8 Å². The minimum atomic E-state index is -3.34. The number of nitrogens with zero attached hydrogens (tertiary/aromatic N) is 1. The first-order chi connectivity index (χ1) is 8.43. The van der Waals surface area contributed by atoms with Gasteiger partial charge in [0.25, 0.3) is 0 Å². The molecule has 0 saturated carbocycles. The van der Waals surface area contributed by atoms with Crippen LogP contribution in [0.2, 0.25) is 0 Å². The standard InChI is InChI=1S/C11H16N2O3S2/c1-9(2)8-18(15,16)13-11-12-7-10(17-11)5-3-4-6-14/h7,9,14H,4,6,8H2,1-2H3,(H,12,13). The minimum Gasteiger partial charge on any atom is -0.395 e. The van der Waals surface area contributed by atoms with Crippen LogP contribution < -0.4 is 4.72 Å². The molecule has 0 aromatic carbocycles. The quantitative estimate of drug-likeness (QED) is 0.800. The highest BCUT2D eigenvalue weighted by Gasteiger charge is 2.14. The van der Waals surface area contributed by atoms with E-state index in [-0.39, 0.29) is 18.3 Å². The maximum atomic E-state index is 11.7. The average molecular weight is 288 g/mol. The number of aliphatic hydroxyl groups excluding tert-OH is 1. The van der Waals surface area contributed by atoms with Crippen LogP contribution >= 0.6 is 11.3 Å². The van der Waals surface area contributed by atoms with Gasteiger partial charge in [-0.05, 0) is 5.92 Å². The molecule has 0 aliphatic heterocycles. The Kier molecular flexibility index (Phi) is 5.59. The number of sulfonamides is 1. The van der Waals surface area contributed by atoms with Crippen molar-refractivity contribution in [3.63, 3.8) is 0 Å². The lowest BCUT2D eigenvalue weighted by Gasteiger charge is -2.06. The Morgan fingerprint density at radius 2 is 2.28 bits per heavy atom. The molecule has 0 unspecified atom stereocenters. The summed E-state index contributed by atoms with van der Waals surface area (Å²) in [6, 6.07) is 0. The first kappa shape index (κ1) is 15.0. The Morgan fingerprint density at radius 1 is 1.56 bits per heavy atom. The molecule has 0 aliphatic carbocycles. The average Bonchev–Trinajstić information content (AvgIpc) is 2.63. The van der Waals surface area contributed by atoms with Gasteiger partial charge in [0.2, 0.25) is 10.0 Å². The van der Waals surface area contributed by atoms with Crippen molar-refractivity contribution < 1.29 is 13.5 Å². The third-order valence-electron chi connectivity index (χ3n) is 1.75. The fourth-order valence-corrected chi connectivity index (χ4v) is 3.57. The van der Waals surface area contributed by atoms with Gasteiger partial charge in [0.15, 0.2) is 5.13 Å². The molecule has 0 spiro atoms. The van der Waals surface area contributed by atoms with Gasteiger partial charge >= 0.3 is 0 Å². The highest BCUT2D eigenvalue weighted by Crippen LogP contribution is 2.18. The molecule has 0 atom stereocenters. The number of nitrogens with one attached hydrogen (secondary N) is 1. The molecule has 0 fully saturated rings. The third kappa shape index (κ3) is 5.49. The molecule has 100 valence electrons. The second kappa shape index (κ2) is 6.73. The van der Waals surface area contributed by atoms with Gasteiger partial charge in [0.1, 0.15) is 0 Å². The van der Waals surface area contributed by atoms with E-state index in [0.717, 1.165) is 0 Å². The molecule has 0 saturated heterocycles. The summed E-state index contributed by atoms with van der Waals surface area (Å²) in [4.78, 5) is 4.62. The maximum absolute atomic E-state index is 11.7. The van der Waals surface area contributed by atoms with Gasteiger partial charge in [-0.1, -0.05) is 37.0 Å². The number of rotatable bonds is 5. The van der Waals surface area contributed by atoms with Crippen LogP contribution in [0.5, 0.6) is 0 Å². The lowest BCUT2D eigenvalue weighted by atomic mass is 10.3. The number of hydrogen-bond acceptors (Lipinski definition) is 5. The van der Waals surface area contributed by atoms with Crippen molar-refractivity contribution in [3.8, 4) is 11.8 Å². The van der Waals surface area contributed by atoms with Crippen molar-refractivity contribution in [2.24, 2.45) is 5.92 Å². The highest BCUT2D eigenvalue weighted by molar-refractivity contribution is 7.92. The van der Waals surface area contributed by atoms with Crippen LogP contribution in [0.15, 0.2) is 6.20 Å². The van der Waals surface area contributed by atoms with Crippen molar-refractivity contribution in [2.75, 3.05) is 17.1 Å². The van der Waals surface area contributed by atoms with Gasteiger partial charge in [0, 0.05) is 6.42 Å². The fourth-order valence-electron chi connectivity index (χ4n) is 1.20. The summed E-state index contributed by atoms with van der Waals surface area (Å²) < 4.78 is 25.8. The molecule has 0 aliphatic rings. The molecular formula is C11H16N2O3S2. The van der Waals surface area contributed by atoms with E-state index in [2.05, 4.69) is 21.5 Å². The van der Waals surface area contributed by atoms with Crippen molar-refractivity contribution >= 4 is 26.5 Å². The zero-order valence-corrected chi connectivity index (χ0v) is 11.9. The highest BCUT2D eigenvalue weighted by atomic mass is 32.2. The first-order valence-corrected chi connectivity index (χ1v) is 7.96. The van der Waals surface area contributed by atoms with Crippen molar-refractivity contribution in [1.29, 1.82) is 0 Å². The van der Waals surface area contributed by atoms with Gasteiger partial charge < -0.3 is 5.11 Å². The summed E-state index contributed by atoms with van der Waals surface area (Å²) in [7, 11) is -3.34. The number of thiazole rings is 1. The second-order valence-electron chi connectivity index (χ2n) is 4.08. The lowest BCUT2D eigenvalue weighted by Crippen LogP contribution is -2.19. The number of aromatic nitrogens is 1. The molecule has 0 radical (unpaired) electrons. The number of hydrogen-bond donors (Lipinski definition) is 2. The van der Waals surface area contributed by atoms with E-state index >= 15 is 0 Å². The SMILES string of the molecule is CC(C)CS(=O)(=O)Nc1ncc(C#CCCO)s1. The predicted octanol–water partition coefficient (Wildman–Crippen LogP) is 1.27. The minimum absolute atomic E-state index is 0.0136. The third-order valence-corrected chi connectivity index (χ3v) is 4.32. The fraction of sp³-hybridized carbons (Fsp3) is 0.545. The summed E-state index contributed by atoms with van der Waals surface area (Å²) in [6.45, 7) is 3.69. The molecule has 5 nitrogen and oxygen atoms in total. The zero-order valence-electron chi connectivity index (χ0n) is 10.3. The number of aliphatic hydroxyl groups is 1. The Bertz CT molecular complexity index is 538. The summed E-state index contributed by atoms with van der Waals surface area (Å²) in [5, 5.41) is 8.90. The molecule has 0 bridgehead atoms. The molecule has 18 heavy (non-hydrogen) atoms. The summed E-state index contributed by atoms with van der Waals surface area (Å²) in [6.07, 6.45) is 1.91. The van der Waals surface area contributed by atoms with Gasteiger partial charge in [-0.3, -0.25) is 4.72 Å². The topological polar surface area (TPSA) is 79.3 Å². The van der Waals surface area contributed by atoms with Crippen LogP contribution in [-0.4, -0.2) is 30.9 Å². The second-order valence-corrected chi connectivity index (χ2v) is 6.88. The van der Waals surface area contributed by atoms with E-state index in [0.29, 0.717) is 16.4 Å². The van der Waals surface area contributed by atoms with Crippen LogP contribution in [0.25, 0.3) is 0 Å². The summed E-state index contributed by atoms with van der Waals surface area (Å²) in [5.41, 5.74) is 0. The van der Waals surface area contributed by atoms with E-state index in [9.17, 15) is 8.42 Å². The molecule has 7 heteroatoms. The monoisotopic (exact) mass is 288 g/mol. The molecular weight excluding hydrogens is 272 g/mol. The summed E-state index contributed by atoms with van der Waals surface area (Å²) in [5.74, 6) is 5.69. The predicted molar refractivity (Wildman–Crippen MR) is 72.9 cm³/mol. The van der Waals surface area contributed by atoms with Gasteiger partial charge in [-0.25, -0.2) is 13.4 Å². The van der Waals surface area contributed by atoms with E-state index in [4.69, 9.17) is 5.11 Å². The Hall–Kier alpha value is -1.10. The van der Waals surface area contributed by atoms with Crippen molar-refractivity contribution in [2.45, 2.75) is 20.3 Å². The maximum Gasteiger partial charge on any atom is 0.234 e. The van der Waals surface area contributed by atoms with Crippen LogP contribution in [0.1, 0.15) is 25.1 Å². The van der Waals surface area contributed by atoms with Gasteiger partial charge in [-0.15, -0.1) is 0 Å². The molecule has 2 N–H and O–H groups in total. The van der Waals surface area contributed by atoms with Crippen LogP contribution in [0.3, 0.4) is 0 Å². The lowest BCUT2D eigenvalue weighted by molar-refractivity contribution is 0.305. The zero-order chi connectivity index (χ0) is 13.6. The van der Waals surface area contributed by atoms with Crippen molar-refractivity contribution in [1.82, 2.24) is 4.98 Å². The molecule has 1 aromatic heterocycles. The van der Waals surface area contributed by atoms with Gasteiger partial charge in [0.05, 0.1) is 23.4 Å². The normalized spacial score (nSPS) is 11.1.